The summed E-state index contributed by atoms with van der Waals surface area (Å²) in [5.41, 5.74) is 2.85. The van der Waals surface area contributed by atoms with Crippen LogP contribution in [-0.2, 0) is 13.1 Å². The van der Waals surface area contributed by atoms with E-state index >= 15 is 0 Å². The average Bonchev–Trinajstić information content (AvgIpc) is 2.59. The van der Waals surface area contributed by atoms with Crippen molar-refractivity contribution in [3.05, 3.63) is 51.1 Å². The fourth-order valence-electron chi connectivity index (χ4n) is 1.80. The van der Waals surface area contributed by atoms with Crippen molar-refractivity contribution in [2.75, 3.05) is 0 Å². The van der Waals surface area contributed by atoms with Crippen molar-refractivity contribution >= 4 is 15.9 Å². The molecule has 0 aliphatic heterocycles. The van der Waals surface area contributed by atoms with Gasteiger partial charge in [-0.05, 0) is 37.6 Å². The number of hydrogen-bond acceptors (Lipinski definition) is 3. The zero-order valence-electron chi connectivity index (χ0n) is 10.3. The minimum Gasteiger partial charge on any atom is -0.361 e. The lowest BCUT2D eigenvalue weighted by molar-refractivity contribution is 0.392. The highest BCUT2D eigenvalue weighted by molar-refractivity contribution is 9.10. The van der Waals surface area contributed by atoms with Gasteiger partial charge in [-0.2, -0.15) is 0 Å². The van der Waals surface area contributed by atoms with Crippen LogP contribution in [0.1, 0.15) is 22.6 Å². The lowest BCUT2D eigenvalue weighted by Gasteiger charge is -2.05. The van der Waals surface area contributed by atoms with Gasteiger partial charge in [0, 0.05) is 23.1 Å². The molecule has 96 valence electrons. The molecular weight excluding hydrogens is 299 g/mol. The monoisotopic (exact) mass is 312 g/mol. The fraction of sp³-hybridized carbons (Fsp3) is 0.308. The summed E-state index contributed by atoms with van der Waals surface area (Å²) in [5, 5.41) is 7.14. The maximum Gasteiger partial charge on any atom is 0.138 e. The Morgan fingerprint density at radius 3 is 2.67 bits per heavy atom. The highest BCUT2D eigenvalue weighted by Gasteiger charge is 2.08. The Morgan fingerprint density at radius 2 is 2.06 bits per heavy atom. The van der Waals surface area contributed by atoms with Gasteiger partial charge in [0.15, 0.2) is 0 Å². The zero-order valence-corrected chi connectivity index (χ0v) is 11.8. The summed E-state index contributed by atoms with van der Waals surface area (Å²) < 4.78 is 19.0. The van der Waals surface area contributed by atoms with E-state index < -0.39 is 0 Å². The topological polar surface area (TPSA) is 38.1 Å². The molecular formula is C13H14BrFN2O. The maximum absolute atomic E-state index is 13.2. The molecule has 2 aromatic rings. The number of nitrogens with zero attached hydrogens (tertiary/aromatic N) is 1. The third kappa shape index (κ3) is 3.17. The quantitative estimate of drug-likeness (QED) is 0.939. The van der Waals surface area contributed by atoms with Crippen LogP contribution in [0.3, 0.4) is 0 Å². The van der Waals surface area contributed by atoms with E-state index in [1.807, 2.05) is 19.9 Å². The average molecular weight is 313 g/mol. The van der Waals surface area contributed by atoms with Gasteiger partial charge in [-0.25, -0.2) is 4.39 Å². The van der Waals surface area contributed by atoms with Crippen LogP contribution in [0, 0.1) is 19.7 Å². The molecule has 1 aromatic carbocycles. The molecule has 0 saturated heterocycles. The second-order valence-electron chi connectivity index (χ2n) is 4.18. The van der Waals surface area contributed by atoms with E-state index in [1.165, 1.54) is 12.1 Å². The van der Waals surface area contributed by atoms with Crippen LogP contribution in [0.2, 0.25) is 0 Å². The summed E-state index contributed by atoms with van der Waals surface area (Å²) in [4.78, 5) is 0. The fourth-order valence-corrected chi connectivity index (χ4v) is 2.31. The van der Waals surface area contributed by atoms with Crippen molar-refractivity contribution in [2.24, 2.45) is 0 Å². The van der Waals surface area contributed by atoms with E-state index in [4.69, 9.17) is 4.52 Å². The normalized spacial score (nSPS) is 10.9. The number of benzene rings is 1. The Balaban J connectivity index is 1.96. The van der Waals surface area contributed by atoms with E-state index in [0.29, 0.717) is 13.1 Å². The van der Waals surface area contributed by atoms with Gasteiger partial charge in [-0.3, -0.25) is 0 Å². The largest absolute Gasteiger partial charge is 0.361 e. The lowest BCUT2D eigenvalue weighted by Crippen LogP contribution is -2.13. The lowest BCUT2D eigenvalue weighted by atomic mass is 10.2. The molecule has 5 heteroatoms. The van der Waals surface area contributed by atoms with Gasteiger partial charge < -0.3 is 9.84 Å². The van der Waals surface area contributed by atoms with Crippen LogP contribution in [0.15, 0.2) is 27.2 Å². The number of hydrogen-bond donors (Lipinski definition) is 1. The highest BCUT2D eigenvalue weighted by Crippen LogP contribution is 2.15. The Hall–Kier alpha value is -1.20. The van der Waals surface area contributed by atoms with E-state index in [1.54, 1.807) is 0 Å². The molecule has 0 aliphatic rings. The third-order valence-corrected chi connectivity index (χ3v) is 3.19. The van der Waals surface area contributed by atoms with Gasteiger partial charge in [0.05, 0.1) is 5.69 Å². The number of halogens is 2. The first-order valence-corrected chi connectivity index (χ1v) is 6.43. The third-order valence-electron chi connectivity index (χ3n) is 2.73. The van der Waals surface area contributed by atoms with Crippen molar-refractivity contribution in [3.8, 4) is 0 Å². The first-order chi connectivity index (χ1) is 8.56. The molecule has 1 aromatic heterocycles. The summed E-state index contributed by atoms with van der Waals surface area (Å²) in [6.07, 6.45) is 0. The standard InChI is InChI=1S/C13H14BrFN2O/c1-8-13(9(2)18-17-8)7-16-6-10-3-11(14)5-12(15)4-10/h3-5,16H,6-7H2,1-2H3. The van der Waals surface area contributed by atoms with Gasteiger partial charge in [-0.1, -0.05) is 21.1 Å². The van der Waals surface area contributed by atoms with E-state index in [0.717, 1.165) is 27.1 Å². The van der Waals surface area contributed by atoms with Crippen molar-refractivity contribution in [1.82, 2.24) is 10.5 Å². The number of rotatable bonds is 4. The Bertz CT molecular complexity index is 514. The molecule has 0 amide bonds. The summed E-state index contributed by atoms with van der Waals surface area (Å²) in [6, 6.07) is 4.85. The van der Waals surface area contributed by atoms with Gasteiger partial charge in [0.1, 0.15) is 11.6 Å². The van der Waals surface area contributed by atoms with Crippen molar-refractivity contribution in [3.63, 3.8) is 0 Å². The molecule has 0 bridgehead atoms. The maximum atomic E-state index is 13.2. The van der Waals surface area contributed by atoms with E-state index in [-0.39, 0.29) is 5.82 Å². The van der Waals surface area contributed by atoms with Crippen LogP contribution in [0.25, 0.3) is 0 Å². The Kier molecular flexibility index (Phi) is 4.14. The van der Waals surface area contributed by atoms with Crippen molar-refractivity contribution < 1.29 is 8.91 Å². The predicted octanol–water partition coefficient (Wildman–Crippen LogP) is 3.48. The summed E-state index contributed by atoms with van der Waals surface area (Å²) in [5.74, 6) is 0.582. The first-order valence-electron chi connectivity index (χ1n) is 5.63. The Labute approximate surface area is 113 Å². The van der Waals surface area contributed by atoms with Gasteiger partial charge in [0.25, 0.3) is 0 Å². The molecule has 0 spiro atoms. The molecule has 1 heterocycles. The van der Waals surface area contributed by atoms with Crippen LogP contribution in [0.4, 0.5) is 4.39 Å². The second kappa shape index (κ2) is 5.63. The van der Waals surface area contributed by atoms with Crippen molar-refractivity contribution in [2.45, 2.75) is 26.9 Å². The van der Waals surface area contributed by atoms with Crippen LogP contribution < -0.4 is 5.32 Å². The molecule has 0 unspecified atom stereocenters. The summed E-state index contributed by atoms with van der Waals surface area (Å²) >= 11 is 3.27. The summed E-state index contributed by atoms with van der Waals surface area (Å²) in [7, 11) is 0. The molecule has 0 radical (unpaired) electrons. The molecule has 3 nitrogen and oxygen atoms in total. The molecule has 0 saturated carbocycles. The number of nitrogens with one attached hydrogen (secondary N) is 1. The molecule has 1 N–H and O–H groups in total. The van der Waals surface area contributed by atoms with Gasteiger partial charge >= 0.3 is 0 Å². The van der Waals surface area contributed by atoms with Crippen LogP contribution in [-0.4, -0.2) is 5.16 Å². The minimum absolute atomic E-state index is 0.237. The van der Waals surface area contributed by atoms with E-state index in [2.05, 4.69) is 26.4 Å². The molecule has 0 fully saturated rings. The van der Waals surface area contributed by atoms with Gasteiger partial charge in [-0.15, -0.1) is 0 Å². The summed E-state index contributed by atoms with van der Waals surface area (Å²) in [6.45, 7) is 5.05. The predicted molar refractivity (Wildman–Crippen MR) is 70.6 cm³/mol. The smallest absolute Gasteiger partial charge is 0.138 e. The van der Waals surface area contributed by atoms with Crippen LogP contribution >= 0.6 is 15.9 Å². The van der Waals surface area contributed by atoms with Gasteiger partial charge in [0.2, 0.25) is 0 Å². The molecule has 0 atom stereocenters. The first kappa shape index (κ1) is 13.2. The SMILES string of the molecule is Cc1noc(C)c1CNCc1cc(F)cc(Br)c1. The molecule has 2 rings (SSSR count). The minimum atomic E-state index is -0.237. The number of aromatic nitrogens is 1. The van der Waals surface area contributed by atoms with Crippen LogP contribution in [0.5, 0.6) is 0 Å². The second-order valence-corrected chi connectivity index (χ2v) is 5.10. The molecule has 18 heavy (non-hydrogen) atoms. The van der Waals surface area contributed by atoms with E-state index in [9.17, 15) is 4.39 Å². The zero-order chi connectivity index (χ0) is 13.1. The number of aryl methyl sites for hydroxylation is 2. The van der Waals surface area contributed by atoms with Crippen molar-refractivity contribution in [1.29, 1.82) is 0 Å². The highest BCUT2D eigenvalue weighted by atomic mass is 79.9. The Morgan fingerprint density at radius 1 is 1.28 bits per heavy atom. The molecule has 0 aliphatic carbocycles.